The molecule has 0 aliphatic heterocycles. The highest BCUT2D eigenvalue weighted by Crippen LogP contribution is 2.21. The molecular weight excluding hydrogens is 276 g/mol. The zero-order chi connectivity index (χ0) is 14.6. The Labute approximate surface area is 125 Å². The molecule has 0 saturated carbocycles. The second-order valence-electron chi connectivity index (χ2n) is 5.47. The number of sulfone groups is 1. The lowest BCUT2D eigenvalue weighted by atomic mass is 10.1. The Bertz CT molecular complexity index is 287. The first-order valence-corrected chi connectivity index (χ1v) is 11.0. The monoisotopic (exact) mass is 308 g/mol. The summed E-state index contributed by atoms with van der Waals surface area (Å²) in [5.41, 5.74) is 0. The number of unbranched alkanes of at least 4 members (excludes halogenated alkanes) is 9. The lowest BCUT2D eigenvalue weighted by molar-refractivity contribution is 0.549. The normalized spacial score (nSPS) is 13.6. The summed E-state index contributed by atoms with van der Waals surface area (Å²) in [5.74, 6) is 0. The second kappa shape index (κ2) is 12.1. The zero-order valence-corrected chi connectivity index (χ0v) is 14.6. The minimum atomic E-state index is -2.86. The molecule has 4 heteroatoms. The van der Waals surface area contributed by atoms with Crippen LogP contribution in [0.25, 0.3) is 0 Å². The molecule has 0 heterocycles. The van der Waals surface area contributed by atoms with Gasteiger partial charge in [-0.05, 0) is 12.7 Å². The number of hydrogen-bond acceptors (Lipinski definition) is 3. The van der Waals surface area contributed by atoms with Gasteiger partial charge in [-0.1, -0.05) is 71.1 Å². The molecule has 116 valence electrons. The van der Waals surface area contributed by atoms with E-state index in [-0.39, 0.29) is 4.58 Å². The van der Waals surface area contributed by atoms with Crippen molar-refractivity contribution in [3.63, 3.8) is 0 Å². The summed E-state index contributed by atoms with van der Waals surface area (Å²) in [7, 11) is -2.86. The fraction of sp³-hybridized carbons (Fsp3) is 1.00. The van der Waals surface area contributed by atoms with Crippen molar-refractivity contribution < 1.29 is 8.42 Å². The van der Waals surface area contributed by atoms with Gasteiger partial charge >= 0.3 is 0 Å². The molecule has 0 aliphatic carbocycles. The van der Waals surface area contributed by atoms with Gasteiger partial charge in [0.15, 0.2) is 9.84 Å². The van der Waals surface area contributed by atoms with Crippen molar-refractivity contribution in [2.24, 2.45) is 0 Å². The van der Waals surface area contributed by atoms with Crippen LogP contribution in [0.15, 0.2) is 0 Å². The highest BCUT2D eigenvalue weighted by Gasteiger charge is 2.18. The molecule has 0 radical (unpaired) electrons. The van der Waals surface area contributed by atoms with E-state index in [2.05, 4.69) is 6.92 Å². The summed E-state index contributed by atoms with van der Waals surface area (Å²) in [6.45, 7) is 2.25. The Morgan fingerprint density at radius 3 is 1.63 bits per heavy atom. The maximum atomic E-state index is 11.4. The maximum absolute atomic E-state index is 11.4. The smallest absolute Gasteiger partial charge is 0.159 e. The Kier molecular flexibility index (Phi) is 12.3. The largest absolute Gasteiger partial charge is 0.228 e. The molecule has 0 aromatic carbocycles. The van der Waals surface area contributed by atoms with Gasteiger partial charge in [-0.15, -0.1) is 11.8 Å². The predicted octanol–water partition coefficient (Wildman–Crippen LogP) is 5.03. The summed E-state index contributed by atoms with van der Waals surface area (Å²) in [6, 6.07) is 0. The van der Waals surface area contributed by atoms with Gasteiger partial charge in [0.25, 0.3) is 0 Å². The Balaban J connectivity index is 3.35. The van der Waals surface area contributed by atoms with Crippen LogP contribution in [0.1, 0.15) is 77.6 Å². The quantitative estimate of drug-likeness (QED) is 0.447. The Morgan fingerprint density at radius 2 is 1.26 bits per heavy atom. The van der Waals surface area contributed by atoms with E-state index in [1.54, 1.807) is 0 Å². The van der Waals surface area contributed by atoms with E-state index < -0.39 is 9.84 Å². The van der Waals surface area contributed by atoms with Crippen molar-refractivity contribution in [1.29, 1.82) is 0 Å². The van der Waals surface area contributed by atoms with Crippen molar-refractivity contribution in [1.82, 2.24) is 0 Å². The standard InChI is InChI=1S/C15H32O2S2/c1-4-5-6-7-8-9-10-11-12-13-14-15(18-2)19(3,16)17/h15H,4-14H2,1-3H3. The fourth-order valence-corrected chi connectivity index (χ4v) is 4.70. The van der Waals surface area contributed by atoms with Crippen LogP contribution in [0.5, 0.6) is 0 Å². The molecular formula is C15H32O2S2. The van der Waals surface area contributed by atoms with Gasteiger partial charge in [-0.25, -0.2) is 8.42 Å². The summed E-state index contributed by atoms with van der Waals surface area (Å²) in [6.07, 6.45) is 17.1. The molecule has 0 rings (SSSR count). The van der Waals surface area contributed by atoms with E-state index in [1.165, 1.54) is 75.8 Å². The van der Waals surface area contributed by atoms with Gasteiger partial charge in [0.05, 0.1) is 0 Å². The first-order valence-electron chi connectivity index (χ1n) is 7.74. The van der Waals surface area contributed by atoms with Crippen molar-refractivity contribution in [3.8, 4) is 0 Å². The minimum absolute atomic E-state index is 0.193. The van der Waals surface area contributed by atoms with Gasteiger partial charge in [0.2, 0.25) is 0 Å². The Hall–Kier alpha value is 0.300. The van der Waals surface area contributed by atoms with E-state index in [9.17, 15) is 8.42 Å². The van der Waals surface area contributed by atoms with Crippen molar-refractivity contribution >= 4 is 21.6 Å². The number of rotatable bonds is 13. The molecule has 0 bridgehead atoms. The summed E-state index contributed by atoms with van der Waals surface area (Å²) in [4.78, 5) is 0. The first kappa shape index (κ1) is 19.3. The van der Waals surface area contributed by atoms with Gasteiger partial charge in [-0.2, -0.15) is 0 Å². The molecule has 0 aliphatic rings. The highest BCUT2D eigenvalue weighted by atomic mass is 32.3. The van der Waals surface area contributed by atoms with Gasteiger partial charge < -0.3 is 0 Å². The molecule has 19 heavy (non-hydrogen) atoms. The van der Waals surface area contributed by atoms with E-state index in [4.69, 9.17) is 0 Å². The van der Waals surface area contributed by atoms with Crippen LogP contribution in [0.2, 0.25) is 0 Å². The predicted molar refractivity (Wildman–Crippen MR) is 88.6 cm³/mol. The molecule has 0 aromatic rings. The topological polar surface area (TPSA) is 34.1 Å². The molecule has 0 spiro atoms. The molecule has 1 atom stereocenters. The van der Waals surface area contributed by atoms with Crippen LogP contribution < -0.4 is 0 Å². The van der Waals surface area contributed by atoms with Crippen LogP contribution in [-0.2, 0) is 9.84 Å². The summed E-state index contributed by atoms with van der Waals surface area (Å²) >= 11 is 1.47. The van der Waals surface area contributed by atoms with Gasteiger partial charge in [0.1, 0.15) is 4.58 Å². The third-order valence-corrected chi connectivity index (χ3v) is 7.11. The number of hydrogen-bond donors (Lipinski definition) is 0. The molecule has 2 nitrogen and oxygen atoms in total. The van der Waals surface area contributed by atoms with Crippen LogP contribution >= 0.6 is 11.8 Å². The summed E-state index contributed by atoms with van der Waals surface area (Å²) < 4.78 is 22.7. The van der Waals surface area contributed by atoms with Crippen LogP contribution in [0.3, 0.4) is 0 Å². The summed E-state index contributed by atoms with van der Waals surface area (Å²) in [5, 5.41) is 0. The molecule has 1 unspecified atom stereocenters. The van der Waals surface area contributed by atoms with E-state index in [0.29, 0.717) is 0 Å². The van der Waals surface area contributed by atoms with Gasteiger partial charge in [0, 0.05) is 6.26 Å². The first-order chi connectivity index (χ1) is 9.02. The second-order valence-corrected chi connectivity index (χ2v) is 9.03. The minimum Gasteiger partial charge on any atom is -0.228 e. The van der Waals surface area contributed by atoms with E-state index in [0.717, 1.165) is 12.8 Å². The average Bonchev–Trinajstić information content (AvgIpc) is 2.34. The number of thioether (sulfide) groups is 1. The average molecular weight is 309 g/mol. The van der Waals surface area contributed by atoms with Crippen molar-refractivity contribution in [2.45, 2.75) is 82.1 Å². The molecule has 0 amide bonds. The molecule has 0 N–H and O–H groups in total. The van der Waals surface area contributed by atoms with Crippen molar-refractivity contribution in [3.05, 3.63) is 0 Å². The van der Waals surface area contributed by atoms with Crippen LogP contribution in [-0.4, -0.2) is 25.5 Å². The van der Waals surface area contributed by atoms with Crippen LogP contribution in [0.4, 0.5) is 0 Å². The van der Waals surface area contributed by atoms with E-state index in [1.807, 2.05) is 6.26 Å². The lowest BCUT2D eigenvalue weighted by Crippen LogP contribution is -2.15. The molecule has 0 saturated heterocycles. The molecule has 0 fully saturated rings. The molecule has 0 aromatic heterocycles. The van der Waals surface area contributed by atoms with E-state index >= 15 is 0 Å². The maximum Gasteiger partial charge on any atom is 0.159 e. The highest BCUT2D eigenvalue weighted by molar-refractivity contribution is 8.12. The van der Waals surface area contributed by atoms with Gasteiger partial charge in [-0.3, -0.25) is 0 Å². The van der Waals surface area contributed by atoms with Crippen LogP contribution in [0, 0.1) is 0 Å². The third kappa shape index (κ3) is 11.8. The fourth-order valence-electron chi connectivity index (χ4n) is 2.31. The SMILES string of the molecule is CCCCCCCCCCCCC(SC)S(C)(=O)=O. The third-order valence-electron chi connectivity index (χ3n) is 3.53. The zero-order valence-electron chi connectivity index (χ0n) is 13.0. The Morgan fingerprint density at radius 1 is 0.842 bits per heavy atom. The lowest BCUT2D eigenvalue weighted by Gasteiger charge is -2.11. The van der Waals surface area contributed by atoms with Crippen molar-refractivity contribution in [2.75, 3.05) is 12.5 Å².